The Labute approximate surface area is 167 Å². The summed E-state index contributed by atoms with van der Waals surface area (Å²) in [6.07, 6.45) is 5.37. The predicted octanol–water partition coefficient (Wildman–Crippen LogP) is 6.53. The maximum absolute atomic E-state index is 4.52. The van der Waals surface area contributed by atoms with E-state index < -0.39 is 0 Å². The fraction of sp³-hybridized carbons (Fsp3) is 0.739. The Morgan fingerprint density at radius 1 is 0.926 bits per heavy atom. The highest BCUT2D eigenvalue weighted by Crippen LogP contribution is 2.25. The summed E-state index contributed by atoms with van der Waals surface area (Å²) < 4.78 is 4.17. The third-order valence-electron chi connectivity index (χ3n) is 5.07. The zero-order valence-electron chi connectivity index (χ0n) is 19.8. The summed E-state index contributed by atoms with van der Waals surface area (Å²) in [5, 5.41) is 8.99. The monoisotopic (exact) mass is 374 g/mol. The SMILES string of the molecule is CCC(C)c1cnn(C(C)(C)C)c1C.Cc1nn(C(C)(C)C)cc1C(C)C. The molecule has 0 aromatic carbocycles. The highest BCUT2D eigenvalue weighted by molar-refractivity contribution is 5.21. The van der Waals surface area contributed by atoms with Crippen molar-refractivity contribution in [3.8, 4) is 0 Å². The predicted molar refractivity (Wildman–Crippen MR) is 117 cm³/mol. The minimum atomic E-state index is 0.0931. The Hall–Kier alpha value is -1.58. The van der Waals surface area contributed by atoms with Crippen LogP contribution in [0.4, 0.5) is 0 Å². The van der Waals surface area contributed by atoms with Crippen LogP contribution < -0.4 is 0 Å². The molecular formula is C23H42N4. The van der Waals surface area contributed by atoms with Crippen LogP contribution in [0.2, 0.25) is 0 Å². The van der Waals surface area contributed by atoms with Gasteiger partial charge in [0, 0.05) is 11.9 Å². The van der Waals surface area contributed by atoms with Crippen molar-refractivity contribution in [2.45, 2.75) is 112 Å². The first kappa shape index (κ1) is 23.5. The third kappa shape index (κ3) is 5.95. The van der Waals surface area contributed by atoms with Crippen molar-refractivity contribution in [3.63, 3.8) is 0 Å². The van der Waals surface area contributed by atoms with Crippen LogP contribution in [0.15, 0.2) is 12.4 Å². The van der Waals surface area contributed by atoms with Crippen LogP contribution in [0, 0.1) is 13.8 Å². The van der Waals surface area contributed by atoms with Crippen LogP contribution in [0.1, 0.15) is 110 Å². The molecule has 154 valence electrons. The van der Waals surface area contributed by atoms with Crippen LogP contribution in [-0.2, 0) is 11.1 Å². The quantitative estimate of drug-likeness (QED) is 0.612. The van der Waals surface area contributed by atoms with Crippen molar-refractivity contribution < 1.29 is 0 Å². The second-order valence-corrected chi connectivity index (χ2v) is 10.0. The molecule has 2 aromatic heterocycles. The average Bonchev–Trinajstić information content (AvgIpc) is 3.09. The first-order chi connectivity index (χ1) is 12.2. The maximum Gasteiger partial charge on any atom is 0.0628 e. The van der Waals surface area contributed by atoms with E-state index in [0.717, 1.165) is 5.69 Å². The lowest BCUT2D eigenvalue weighted by Crippen LogP contribution is -2.24. The molecule has 2 aromatic rings. The standard InChI is InChI=1S/C12H22N2.C11H20N2/c1-7-9(2)11-8-13-14(10(11)3)12(4,5)6;1-8(2)10-7-13(11(4,5)6)12-9(10)3/h8-9H,7H2,1-6H3;7-8H,1-6H3. The van der Waals surface area contributed by atoms with Gasteiger partial charge < -0.3 is 0 Å². The Kier molecular flexibility index (Phi) is 7.49. The largest absolute Gasteiger partial charge is 0.267 e. The summed E-state index contributed by atoms with van der Waals surface area (Å²) in [5.74, 6) is 1.18. The molecule has 4 nitrogen and oxygen atoms in total. The summed E-state index contributed by atoms with van der Waals surface area (Å²) in [5.41, 5.74) is 5.40. The zero-order chi connectivity index (χ0) is 21.2. The van der Waals surface area contributed by atoms with E-state index in [-0.39, 0.29) is 11.1 Å². The van der Waals surface area contributed by atoms with Crippen molar-refractivity contribution in [1.29, 1.82) is 0 Å². The van der Waals surface area contributed by atoms with Crippen molar-refractivity contribution in [2.75, 3.05) is 0 Å². The number of aryl methyl sites for hydroxylation is 1. The molecule has 0 spiro atoms. The molecule has 0 aliphatic heterocycles. The zero-order valence-corrected chi connectivity index (χ0v) is 19.8. The summed E-state index contributed by atoms with van der Waals surface area (Å²) >= 11 is 0. The molecule has 1 unspecified atom stereocenters. The van der Waals surface area contributed by atoms with Crippen LogP contribution >= 0.6 is 0 Å². The van der Waals surface area contributed by atoms with Gasteiger partial charge in [0.15, 0.2) is 0 Å². The molecule has 0 saturated heterocycles. The molecule has 0 fully saturated rings. The molecule has 1 atom stereocenters. The third-order valence-corrected chi connectivity index (χ3v) is 5.07. The van der Waals surface area contributed by atoms with E-state index in [1.165, 1.54) is 23.2 Å². The van der Waals surface area contributed by atoms with E-state index in [1.807, 2.05) is 6.20 Å². The van der Waals surface area contributed by atoms with Gasteiger partial charge in [-0.2, -0.15) is 10.2 Å². The first-order valence-corrected chi connectivity index (χ1v) is 10.3. The first-order valence-electron chi connectivity index (χ1n) is 10.3. The molecule has 27 heavy (non-hydrogen) atoms. The van der Waals surface area contributed by atoms with E-state index in [1.54, 1.807) is 0 Å². The number of hydrogen-bond donors (Lipinski definition) is 0. The Bertz CT molecular complexity index is 721. The van der Waals surface area contributed by atoms with Gasteiger partial charge in [-0.05, 0) is 84.8 Å². The molecule has 2 heterocycles. The molecule has 0 aliphatic rings. The minimum absolute atomic E-state index is 0.0931. The van der Waals surface area contributed by atoms with E-state index in [2.05, 4.69) is 109 Å². The number of aromatic nitrogens is 4. The second-order valence-electron chi connectivity index (χ2n) is 10.0. The van der Waals surface area contributed by atoms with E-state index >= 15 is 0 Å². The maximum atomic E-state index is 4.52. The molecule has 2 rings (SSSR count). The number of rotatable bonds is 3. The molecule has 0 saturated carbocycles. The summed E-state index contributed by atoms with van der Waals surface area (Å²) in [7, 11) is 0. The van der Waals surface area contributed by atoms with Gasteiger partial charge in [-0.25, -0.2) is 0 Å². The van der Waals surface area contributed by atoms with E-state index in [9.17, 15) is 0 Å². The topological polar surface area (TPSA) is 35.6 Å². The van der Waals surface area contributed by atoms with Gasteiger partial charge in [0.05, 0.1) is 23.0 Å². The lowest BCUT2D eigenvalue weighted by Gasteiger charge is -2.22. The summed E-state index contributed by atoms with van der Waals surface area (Å²) in [4.78, 5) is 0. The van der Waals surface area contributed by atoms with Crippen molar-refractivity contribution in [2.24, 2.45) is 0 Å². The van der Waals surface area contributed by atoms with Crippen molar-refractivity contribution in [3.05, 3.63) is 34.9 Å². The minimum Gasteiger partial charge on any atom is -0.267 e. The molecule has 0 N–H and O–H groups in total. The normalized spacial score (nSPS) is 13.5. The van der Waals surface area contributed by atoms with Gasteiger partial charge in [-0.3, -0.25) is 9.36 Å². The van der Waals surface area contributed by atoms with Gasteiger partial charge in [0.25, 0.3) is 0 Å². The van der Waals surface area contributed by atoms with Crippen molar-refractivity contribution in [1.82, 2.24) is 19.6 Å². The smallest absolute Gasteiger partial charge is 0.0628 e. The molecular weight excluding hydrogens is 332 g/mol. The number of nitrogens with zero attached hydrogens (tertiary/aromatic N) is 4. The molecule has 4 heteroatoms. The van der Waals surface area contributed by atoms with E-state index in [4.69, 9.17) is 0 Å². The molecule has 0 bridgehead atoms. The fourth-order valence-electron chi connectivity index (χ4n) is 3.19. The molecule has 0 radical (unpaired) electrons. The van der Waals surface area contributed by atoms with Crippen LogP contribution in [-0.4, -0.2) is 19.6 Å². The second kappa shape index (κ2) is 8.62. The lowest BCUT2D eigenvalue weighted by atomic mass is 9.99. The Morgan fingerprint density at radius 2 is 1.48 bits per heavy atom. The van der Waals surface area contributed by atoms with Crippen LogP contribution in [0.5, 0.6) is 0 Å². The highest BCUT2D eigenvalue weighted by atomic mass is 15.3. The number of hydrogen-bond acceptors (Lipinski definition) is 2. The average molecular weight is 375 g/mol. The van der Waals surface area contributed by atoms with E-state index in [0.29, 0.717) is 11.8 Å². The van der Waals surface area contributed by atoms with Crippen LogP contribution in [0.3, 0.4) is 0 Å². The lowest BCUT2D eigenvalue weighted by molar-refractivity contribution is 0.347. The Morgan fingerprint density at radius 3 is 1.78 bits per heavy atom. The van der Waals surface area contributed by atoms with Gasteiger partial charge in [0.2, 0.25) is 0 Å². The van der Waals surface area contributed by atoms with Crippen LogP contribution in [0.25, 0.3) is 0 Å². The molecule has 0 amide bonds. The van der Waals surface area contributed by atoms with Gasteiger partial charge in [-0.15, -0.1) is 0 Å². The molecule has 0 aliphatic carbocycles. The fourth-order valence-corrected chi connectivity index (χ4v) is 3.19. The summed E-state index contributed by atoms with van der Waals surface area (Å²) in [6, 6.07) is 0. The van der Waals surface area contributed by atoms with Gasteiger partial charge in [0.1, 0.15) is 0 Å². The van der Waals surface area contributed by atoms with Crippen molar-refractivity contribution >= 4 is 0 Å². The Balaban J connectivity index is 0.000000271. The van der Waals surface area contributed by atoms with Gasteiger partial charge >= 0.3 is 0 Å². The van der Waals surface area contributed by atoms with Gasteiger partial charge in [-0.1, -0.05) is 27.7 Å². The highest BCUT2D eigenvalue weighted by Gasteiger charge is 2.20. The summed E-state index contributed by atoms with van der Waals surface area (Å²) in [6.45, 7) is 26.2.